The van der Waals surface area contributed by atoms with E-state index < -0.39 is 0 Å². The predicted molar refractivity (Wildman–Crippen MR) is 82.0 cm³/mol. The van der Waals surface area contributed by atoms with Gasteiger partial charge in [0.25, 0.3) is 0 Å². The second-order valence-corrected chi connectivity index (χ2v) is 5.38. The lowest BCUT2D eigenvalue weighted by Crippen LogP contribution is -2.41. The number of hydrogen-bond donors (Lipinski definition) is 2. The molecule has 112 valence electrons. The minimum atomic E-state index is 0.0564. The number of hydrogen-bond acceptors (Lipinski definition) is 3. The number of benzene rings is 1. The maximum absolute atomic E-state index is 11.7. The first-order chi connectivity index (χ1) is 9.52. The van der Waals surface area contributed by atoms with Crippen LogP contribution in [0.3, 0.4) is 0 Å². The van der Waals surface area contributed by atoms with Crippen LogP contribution in [0.1, 0.15) is 26.3 Å². The molecule has 0 aliphatic heterocycles. The van der Waals surface area contributed by atoms with Gasteiger partial charge in [0.15, 0.2) is 0 Å². The third-order valence-corrected chi connectivity index (χ3v) is 3.42. The summed E-state index contributed by atoms with van der Waals surface area (Å²) < 4.78 is 5.11. The number of carbonyl (C=O) groups excluding carboxylic acids is 1. The van der Waals surface area contributed by atoms with Gasteiger partial charge in [-0.2, -0.15) is 0 Å². The zero-order valence-corrected chi connectivity index (χ0v) is 12.9. The van der Waals surface area contributed by atoms with Crippen LogP contribution < -0.4 is 15.4 Å². The van der Waals surface area contributed by atoms with Gasteiger partial charge < -0.3 is 15.4 Å². The first kappa shape index (κ1) is 16.5. The van der Waals surface area contributed by atoms with E-state index in [4.69, 9.17) is 4.74 Å². The van der Waals surface area contributed by atoms with Crippen LogP contribution in [0.4, 0.5) is 0 Å². The monoisotopic (exact) mass is 278 g/mol. The zero-order chi connectivity index (χ0) is 15.0. The summed E-state index contributed by atoms with van der Waals surface area (Å²) in [6.07, 6.45) is 0.900. The molecule has 0 aliphatic carbocycles. The Morgan fingerprint density at radius 1 is 1.20 bits per heavy atom. The highest BCUT2D eigenvalue weighted by Gasteiger charge is 2.09. The SMILES string of the molecule is COc1ccc(CCNCC(=O)NC(C)C(C)C)cc1. The minimum Gasteiger partial charge on any atom is -0.497 e. The molecule has 4 nitrogen and oxygen atoms in total. The van der Waals surface area contributed by atoms with Gasteiger partial charge in [0.05, 0.1) is 13.7 Å². The molecule has 0 bridgehead atoms. The Morgan fingerprint density at radius 2 is 1.85 bits per heavy atom. The maximum atomic E-state index is 11.7. The molecule has 0 fully saturated rings. The molecule has 1 atom stereocenters. The molecule has 0 aliphatic rings. The van der Waals surface area contributed by atoms with Crippen LogP contribution in [0, 0.1) is 5.92 Å². The van der Waals surface area contributed by atoms with Crippen LogP contribution in [0.15, 0.2) is 24.3 Å². The second-order valence-electron chi connectivity index (χ2n) is 5.38. The first-order valence-electron chi connectivity index (χ1n) is 7.16. The third kappa shape index (κ3) is 6.06. The number of methoxy groups -OCH3 is 1. The molecule has 0 saturated carbocycles. The molecule has 1 aromatic rings. The quantitative estimate of drug-likeness (QED) is 0.715. The molecule has 4 heteroatoms. The molecule has 1 aromatic carbocycles. The summed E-state index contributed by atoms with van der Waals surface area (Å²) in [4.78, 5) is 11.7. The van der Waals surface area contributed by atoms with Crippen LogP contribution in [-0.4, -0.2) is 32.1 Å². The van der Waals surface area contributed by atoms with E-state index in [9.17, 15) is 4.79 Å². The summed E-state index contributed by atoms with van der Waals surface area (Å²) in [5.74, 6) is 1.38. The van der Waals surface area contributed by atoms with E-state index in [1.807, 2.05) is 31.2 Å². The summed E-state index contributed by atoms with van der Waals surface area (Å²) in [6, 6.07) is 8.20. The van der Waals surface area contributed by atoms with Crippen molar-refractivity contribution in [2.24, 2.45) is 5.92 Å². The normalized spacial score (nSPS) is 12.2. The summed E-state index contributed by atoms with van der Waals surface area (Å²) in [7, 11) is 1.66. The Hall–Kier alpha value is -1.55. The van der Waals surface area contributed by atoms with Gasteiger partial charge in [0.1, 0.15) is 5.75 Å². The van der Waals surface area contributed by atoms with Crippen molar-refractivity contribution in [1.82, 2.24) is 10.6 Å². The topological polar surface area (TPSA) is 50.4 Å². The minimum absolute atomic E-state index is 0.0564. The highest BCUT2D eigenvalue weighted by Crippen LogP contribution is 2.11. The molecule has 1 amide bonds. The van der Waals surface area contributed by atoms with Crippen molar-refractivity contribution in [2.75, 3.05) is 20.2 Å². The lowest BCUT2D eigenvalue weighted by atomic mass is 10.1. The van der Waals surface area contributed by atoms with E-state index in [0.717, 1.165) is 18.7 Å². The molecule has 1 rings (SSSR count). The van der Waals surface area contributed by atoms with Crippen LogP contribution in [-0.2, 0) is 11.2 Å². The van der Waals surface area contributed by atoms with Crippen molar-refractivity contribution in [3.8, 4) is 5.75 Å². The molecular weight excluding hydrogens is 252 g/mol. The van der Waals surface area contributed by atoms with E-state index in [1.165, 1.54) is 5.56 Å². The van der Waals surface area contributed by atoms with Crippen molar-refractivity contribution >= 4 is 5.91 Å². The fourth-order valence-corrected chi connectivity index (χ4v) is 1.70. The van der Waals surface area contributed by atoms with Crippen molar-refractivity contribution in [1.29, 1.82) is 0 Å². The highest BCUT2D eigenvalue weighted by atomic mass is 16.5. The standard InChI is InChI=1S/C16H26N2O2/c1-12(2)13(3)18-16(19)11-17-10-9-14-5-7-15(20-4)8-6-14/h5-8,12-13,17H,9-11H2,1-4H3,(H,18,19). The van der Waals surface area contributed by atoms with Crippen LogP contribution in [0.2, 0.25) is 0 Å². The number of ether oxygens (including phenoxy) is 1. The van der Waals surface area contributed by atoms with E-state index in [1.54, 1.807) is 7.11 Å². The van der Waals surface area contributed by atoms with Gasteiger partial charge >= 0.3 is 0 Å². The fraction of sp³-hybridized carbons (Fsp3) is 0.562. The Bertz CT molecular complexity index is 401. The van der Waals surface area contributed by atoms with Crippen molar-refractivity contribution in [3.05, 3.63) is 29.8 Å². The van der Waals surface area contributed by atoms with Crippen molar-refractivity contribution in [3.63, 3.8) is 0 Å². The predicted octanol–water partition coefficient (Wildman–Crippen LogP) is 1.99. The largest absolute Gasteiger partial charge is 0.497 e. The second kappa shape index (κ2) is 8.59. The van der Waals surface area contributed by atoms with Gasteiger partial charge in [0.2, 0.25) is 5.91 Å². The molecule has 2 N–H and O–H groups in total. The van der Waals surface area contributed by atoms with Crippen LogP contribution >= 0.6 is 0 Å². The average molecular weight is 278 g/mol. The van der Waals surface area contributed by atoms with Gasteiger partial charge in [-0.1, -0.05) is 26.0 Å². The molecule has 0 saturated heterocycles. The molecule has 0 heterocycles. The Balaban J connectivity index is 2.19. The summed E-state index contributed by atoms with van der Waals surface area (Å²) in [5, 5.41) is 6.14. The van der Waals surface area contributed by atoms with Gasteiger partial charge in [-0.3, -0.25) is 4.79 Å². The fourth-order valence-electron chi connectivity index (χ4n) is 1.70. The van der Waals surface area contributed by atoms with E-state index in [2.05, 4.69) is 24.5 Å². The maximum Gasteiger partial charge on any atom is 0.234 e. The van der Waals surface area contributed by atoms with E-state index in [0.29, 0.717) is 12.5 Å². The lowest BCUT2D eigenvalue weighted by molar-refractivity contribution is -0.121. The van der Waals surface area contributed by atoms with E-state index in [-0.39, 0.29) is 11.9 Å². The molecule has 1 unspecified atom stereocenters. The summed E-state index contributed by atoms with van der Waals surface area (Å²) >= 11 is 0. The molecule has 0 spiro atoms. The van der Waals surface area contributed by atoms with Crippen molar-refractivity contribution in [2.45, 2.75) is 33.2 Å². The third-order valence-electron chi connectivity index (χ3n) is 3.42. The summed E-state index contributed by atoms with van der Waals surface area (Å²) in [5.41, 5.74) is 1.23. The van der Waals surface area contributed by atoms with E-state index >= 15 is 0 Å². The van der Waals surface area contributed by atoms with Gasteiger partial charge in [-0.05, 0) is 43.5 Å². The van der Waals surface area contributed by atoms with Gasteiger partial charge in [-0.25, -0.2) is 0 Å². The first-order valence-corrected chi connectivity index (χ1v) is 7.16. The molecule has 0 aromatic heterocycles. The Kier molecular flexibility index (Phi) is 7.09. The van der Waals surface area contributed by atoms with Crippen LogP contribution in [0.25, 0.3) is 0 Å². The number of rotatable bonds is 8. The molecular formula is C16H26N2O2. The average Bonchev–Trinajstić information content (AvgIpc) is 2.44. The molecule has 20 heavy (non-hydrogen) atoms. The zero-order valence-electron chi connectivity index (χ0n) is 12.9. The number of carbonyl (C=O) groups is 1. The van der Waals surface area contributed by atoms with Crippen molar-refractivity contribution < 1.29 is 9.53 Å². The number of amides is 1. The molecule has 0 radical (unpaired) electrons. The van der Waals surface area contributed by atoms with Crippen LogP contribution in [0.5, 0.6) is 5.75 Å². The highest BCUT2D eigenvalue weighted by molar-refractivity contribution is 5.78. The Morgan fingerprint density at radius 3 is 2.40 bits per heavy atom. The summed E-state index contributed by atoms with van der Waals surface area (Å²) in [6.45, 7) is 7.38. The van der Waals surface area contributed by atoms with Gasteiger partial charge in [0, 0.05) is 6.04 Å². The number of nitrogens with one attached hydrogen (secondary N) is 2. The smallest absolute Gasteiger partial charge is 0.234 e. The Labute approximate surface area is 121 Å². The van der Waals surface area contributed by atoms with Gasteiger partial charge in [-0.15, -0.1) is 0 Å². The lowest BCUT2D eigenvalue weighted by Gasteiger charge is -2.17.